The third-order valence-electron chi connectivity index (χ3n) is 2.16. The van der Waals surface area contributed by atoms with Crippen LogP contribution in [0.15, 0.2) is 23.1 Å². The summed E-state index contributed by atoms with van der Waals surface area (Å²) >= 11 is 11.3. The number of rotatable bonds is 4. The average Bonchev–Trinajstić information content (AvgIpc) is 2.27. The first-order valence-electron chi connectivity index (χ1n) is 4.89. The largest absolute Gasteiger partial charge is 0.224 e. The lowest BCUT2D eigenvalue weighted by atomic mass is 10.2. The predicted octanol–water partition coefficient (Wildman–Crippen LogP) is 2.86. The van der Waals surface area contributed by atoms with Gasteiger partial charge in [0.2, 0.25) is 0 Å². The van der Waals surface area contributed by atoms with Crippen molar-refractivity contribution in [2.75, 3.05) is 11.6 Å². The molecule has 0 aromatic heterocycles. The fourth-order valence-corrected chi connectivity index (χ4v) is 3.54. The number of benzene rings is 1. The molecule has 0 saturated heterocycles. The van der Waals surface area contributed by atoms with E-state index >= 15 is 0 Å². The number of sulfone groups is 1. The van der Waals surface area contributed by atoms with E-state index in [1.54, 1.807) is 6.92 Å². The van der Waals surface area contributed by atoms with Crippen molar-refractivity contribution in [2.45, 2.75) is 11.8 Å². The van der Waals surface area contributed by atoms with E-state index in [4.69, 9.17) is 28.5 Å². The van der Waals surface area contributed by atoms with Gasteiger partial charge >= 0.3 is 0 Å². The summed E-state index contributed by atoms with van der Waals surface area (Å²) in [5.74, 6) is 0.0190. The first-order valence-corrected chi connectivity index (χ1v) is 7.45. The maximum Gasteiger partial charge on any atom is 0.179 e. The molecule has 0 amide bonds. The van der Waals surface area contributed by atoms with Crippen LogP contribution >= 0.6 is 23.2 Å². The van der Waals surface area contributed by atoms with Crippen molar-refractivity contribution in [3.63, 3.8) is 0 Å². The topological polar surface area (TPSA) is 57.9 Å². The van der Waals surface area contributed by atoms with Crippen molar-refractivity contribution in [1.82, 2.24) is 0 Å². The van der Waals surface area contributed by atoms with Gasteiger partial charge in [0.1, 0.15) is 6.07 Å². The van der Waals surface area contributed by atoms with E-state index in [1.807, 2.05) is 6.07 Å². The Morgan fingerprint density at radius 2 is 2.12 bits per heavy atom. The summed E-state index contributed by atoms with van der Waals surface area (Å²) < 4.78 is 24.1. The minimum Gasteiger partial charge on any atom is -0.224 e. The second kappa shape index (κ2) is 5.72. The molecule has 92 valence electrons. The SMILES string of the molecule is CC(CCl)CS(=O)(=O)c1ccc(Cl)cc1C#N. The van der Waals surface area contributed by atoms with Gasteiger partial charge in [0.05, 0.1) is 16.2 Å². The van der Waals surface area contributed by atoms with Crippen molar-refractivity contribution >= 4 is 33.0 Å². The Kier molecular flexibility index (Phi) is 4.81. The minimum absolute atomic E-state index is 0.0152. The highest BCUT2D eigenvalue weighted by atomic mass is 35.5. The highest BCUT2D eigenvalue weighted by molar-refractivity contribution is 7.91. The van der Waals surface area contributed by atoms with Crippen LogP contribution in [-0.4, -0.2) is 20.1 Å². The third-order valence-corrected chi connectivity index (χ3v) is 4.96. The molecule has 6 heteroatoms. The number of hydrogen-bond acceptors (Lipinski definition) is 3. The molecule has 0 spiro atoms. The molecule has 1 rings (SSSR count). The summed E-state index contributed by atoms with van der Waals surface area (Å²) in [6, 6.07) is 6.00. The summed E-state index contributed by atoms with van der Waals surface area (Å²) in [6.45, 7) is 1.74. The van der Waals surface area contributed by atoms with E-state index in [2.05, 4.69) is 0 Å². The Morgan fingerprint density at radius 3 is 2.65 bits per heavy atom. The molecule has 0 bridgehead atoms. The summed E-state index contributed by atoms with van der Waals surface area (Å²) in [7, 11) is -3.50. The number of halogens is 2. The Labute approximate surface area is 111 Å². The normalized spacial score (nSPS) is 13.1. The fourth-order valence-electron chi connectivity index (χ4n) is 1.37. The standard InChI is InChI=1S/C11H11Cl2NO2S/c1-8(5-12)7-17(15,16)11-3-2-10(13)4-9(11)6-14/h2-4,8H,5,7H2,1H3. The van der Waals surface area contributed by atoms with Gasteiger partial charge in [-0.1, -0.05) is 18.5 Å². The molecule has 1 aromatic rings. The van der Waals surface area contributed by atoms with Crippen LogP contribution in [0.1, 0.15) is 12.5 Å². The van der Waals surface area contributed by atoms with Gasteiger partial charge in [0.15, 0.2) is 9.84 Å². The van der Waals surface area contributed by atoms with Gasteiger partial charge in [-0.05, 0) is 24.1 Å². The van der Waals surface area contributed by atoms with Crippen molar-refractivity contribution < 1.29 is 8.42 Å². The van der Waals surface area contributed by atoms with Crippen molar-refractivity contribution in [3.05, 3.63) is 28.8 Å². The first-order chi connectivity index (χ1) is 7.90. The zero-order chi connectivity index (χ0) is 13.1. The van der Waals surface area contributed by atoms with Crippen LogP contribution in [0.4, 0.5) is 0 Å². The lowest BCUT2D eigenvalue weighted by Gasteiger charge is -2.10. The molecule has 0 N–H and O–H groups in total. The van der Waals surface area contributed by atoms with Crippen LogP contribution in [0.5, 0.6) is 0 Å². The van der Waals surface area contributed by atoms with Crippen molar-refractivity contribution in [2.24, 2.45) is 5.92 Å². The molecular weight excluding hydrogens is 281 g/mol. The molecule has 1 unspecified atom stereocenters. The molecule has 1 atom stereocenters. The van der Waals surface area contributed by atoms with E-state index in [-0.39, 0.29) is 28.0 Å². The highest BCUT2D eigenvalue weighted by Crippen LogP contribution is 2.22. The molecule has 1 aromatic carbocycles. The number of hydrogen-bond donors (Lipinski definition) is 0. The van der Waals surface area contributed by atoms with E-state index in [0.29, 0.717) is 5.02 Å². The van der Waals surface area contributed by atoms with E-state index in [9.17, 15) is 8.42 Å². The second-order valence-electron chi connectivity index (χ2n) is 3.79. The molecule has 0 aliphatic rings. The number of alkyl halides is 1. The lowest BCUT2D eigenvalue weighted by molar-refractivity contribution is 0.583. The van der Waals surface area contributed by atoms with Crippen LogP contribution in [0, 0.1) is 17.2 Å². The van der Waals surface area contributed by atoms with Gasteiger partial charge in [0.25, 0.3) is 0 Å². The Bertz CT molecular complexity index is 549. The monoisotopic (exact) mass is 291 g/mol. The summed E-state index contributed by atoms with van der Waals surface area (Å²) in [5.41, 5.74) is 0.0688. The van der Waals surface area contributed by atoms with Gasteiger partial charge in [-0.15, -0.1) is 11.6 Å². The van der Waals surface area contributed by atoms with Gasteiger partial charge in [0, 0.05) is 10.9 Å². The number of nitrogens with zero attached hydrogens (tertiary/aromatic N) is 1. The molecular formula is C11H11Cl2NO2S. The van der Waals surface area contributed by atoms with E-state index in [0.717, 1.165) is 0 Å². The van der Waals surface area contributed by atoms with Crippen LogP contribution in [0.25, 0.3) is 0 Å². The number of nitriles is 1. The smallest absolute Gasteiger partial charge is 0.179 e. The van der Waals surface area contributed by atoms with Gasteiger partial charge < -0.3 is 0 Å². The second-order valence-corrected chi connectivity index (χ2v) is 6.54. The third kappa shape index (κ3) is 3.60. The first kappa shape index (κ1) is 14.3. The zero-order valence-corrected chi connectivity index (χ0v) is 11.5. The minimum atomic E-state index is -3.50. The molecule has 0 aliphatic heterocycles. The maximum absolute atomic E-state index is 12.0. The quantitative estimate of drug-likeness (QED) is 0.802. The van der Waals surface area contributed by atoms with Crippen molar-refractivity contribution in [3.8, 4) is 6.07 Å². The van der Waals surface area contributed by atoms with Gasteiger partial charge in [-0.3, -0.25) is 0 Å². The van der Waals surface area contributed by atoms with Crippen LogP contribution in [-0.2, 0) is 9.84 Å². The van der Waals surface area contributed by atoms with Gasteiger partial charge in [-0.25, -0.2) is 8.42 Å². The lowest BCUT2D eigenvalue weighted by Crippen LogP contribution is -2.16. The van der Waals surface area contributed by atoms with Crippen LogP contribution in [0.3, 0.4) is 0 Å². The molecule has 0 heterocycles. The molecule has 0 aliphatic carbocycles. The highest BCUT2D eigenvalue weighted by Gasteiger charge is 2.21. The summed E-state index contributed by atoms with van der Waals surface area (Å²) in [4.78, 5) is 0.0152. The fraction of sp³-hybridized carbons (Fsp3) is 0.364. The van der Waals surface area contributed by atoms with E-state index in [1.165, 1.54) is 18.2 Å². The van der Waals surface area contributed by atoms with Crippen LogP contribution in [0.2, 0.25) is 5.02 Å². The molecule has 17 heavy (non-hydrogen) atoms. The van der Waals surface area contributed by atoms with Crippen LogP contribution < -0.4 is 0 Å². The molecule has 3 nitrogen and oxygen atoms in total. The Balaban J connectivity index is 3.21. The molecule has 0 radical (unpaired) electrons. The summed E-state index contributed by atoms with van der Waals surface area (Å²) in [6.07, 6.45) is 0. The maximum atomic E-state index is 12.0. The Hall–Kier alpha value is -0.760. The average molecular weight is 292 g/mol. The molecule has 0 fully saturated rings. The Morgan fingerprint density at radius 1 is 1.47 bits per heavy atom. The van der Waals surface area contributed by atoms with Gasteiger partial charge in [-0.2, -0.15) is 5.26 Å². The molecule has 0 saturated carbocycles. The van der Waals surface area contributed by atoms with E-state index < -0.39 is 9.84 Å². The zero-order valence-electron chi connectivity index (χ0n) is 9.15. The summed E-state index contributed by atoms with van der Waals surface area (Å²) in [5, 5.41) is 9.24. The predicted molar refractivity (Wildman–Crippen MR) is 68.1 cm³/mol. The van der Waals surface area contributed by atoms with Crippen molar-refractivity contribution in [1.29, 1.82) is 5.26 Å².